The Bertz CT molecular complexity index is 1080. The highest BCUT2D eigenvalue weighted by atomic mass is 35.5. The van der Waals surface area contributed by atoms with E-state index in [4.69, 9.17) is 37.4 Å². The molecule has 0 radical (unpaired) electrons. The number of morpholine rings is 1. The molecule has 0 spiro atoms. The van der Waals surface area contributed by atoms with Crippen LogP contribution in [0.1, 0.15) is 5.56 Å². The molecule has 2 aromatic carbocycles. The number of rotatable bonds is 5. The van der Waals surface area contributed by atoms with Crippen LogP contribution >= 0.6 is 23.2 Å². The molecule has 0 aromatic heterocycles. The highest BCUT2D eigenvalue weighted by Crippen LogP contribution is 2.39. The molecule has 2 heterocycles. The molecular formula is C22H20Cl2N2O5. The standard InChI is InChI=1S/C22H20Cl2N2O5/c1-29-17-6-3-13(11-18(17)30-2)19-20(25-7-9-31-10-8-25)22(28)26(21(19)27)14-4-5-15(23)16(24)12-14/h3-6,11-12H,7-10H2,1-2H3. The second kappa shape index (κ2) is 8.78. The van der Waals surface area contributed by atoms with Crippen LogP contribution in [0.25, 0.3) is 5.57 Å². The maximum atomic E-state index is 13.6. The highest BCUT2D eigenvalue weighted by Gasteiger charge is 2.43. The fourth-order valence-corrected chi connectivity index (χ4v) is 4.00. The molecule has 0 unspecified atom stereocenters. The van der Waals surface area contributed by atoms with Gasteiger partial charge in [-0.15, -0.1) is 0 Å². The summed E-state index contributed by atoms with van der Waals surface area (Å²) in [5.41, 5.74) is 1.52. The van der Waals surface area contributed by atoms with E-state index in [2.05, 4.69) is 0 Å². The second-order valence-electron chi connectivity index (χ2n) is 6.94. The summed E-state index contributed by atoms with van der Waals surface area (Å²) in [5.74, 6) is 0.118. The van der Waals surface area contributed by atoms with Crippen LogP contribution in [0, 0.1) is 0 Å². The number of carbonyl (C=O) groups is 2. The highest BCUT2D eigenvalue weighted by molar-refractivity contribution is 6.46. The van der Waals surface area contributed by atoms with Gasteiger partial charge in [0, 0.05) is 13.1 Å². The summed E-state index contributed by atoms with van der Waals surface area (Å²) >= 11 is 12.2. The van der Waals surface area contributed by atoms with Crippen LogP contribution in [0.5, 0.6) is 11.5 Å². The molecule has 4 rings (SSSR count). The molecule has 31 heavy (non-hydrogen) atoms. The van der Waals surface area contributed by atoms with Crippen molar-refractivity contribution in [1.82, 2.24) is 4.90 Å². The lowest BCUT2D eigenvalue weighted by molar-refractivity contribution is -0.121. The summed E-state index contributed by atoms with van der Waals surface area (Å²) < 4.78 is 16.1. The summed E-state index contributed by atoms with van der Waals surface area (Å²) in [4.78, 5) is 30.1. The van der Waals surface area contributed by atoms with Crippen LogP contribution in [0.2, 0.25) is 10.0 Å². The lowest BCUT2D eigenvalue weighted by Crippen LogP contribution is -2.40. The summed E-state index contributed by atoms with van der Waals surface area (Å²) in [6, 6.07) is 9.80. The average Bonchev–Trinajstić information content (AvgIpc) is 3.05. The van der Waals surface area contributed by atoms with Crippen LogP contribution in [-0.4, -0.2) is 57.2 Å². The molecule has 1 saturated heterocycles. The first kappa shape index (κ1) is 21.5. The molecule has 2 aliphatic heterocycles. The number of methoxy groups -OCH3 is 2. The Labute approximate surface area is 189 Å². The predicted molar refractivity (Wildman–Crippen MR) is 118 cm³/mol. The first-order valence-corrected chi connectivity index (χ1v) is 10.3. The van der Waals surface area contributed by atoms with Crippen molar-refractivity contribution in [2.45, 2.75) is 0 Å². The van der Waals surface area contributed by atoms with Gasteiger partial charge in [0.1, 0.15) is 5.70 Å². The smallest absolute Gasteiger partial charge is 0.282 e. The molecule has 2 aliphatic rings. The third-order valence-corrected chi connectivity index (χ3v) is 5.96. The minimum Gasteiger partial charge on any atom is -0.493 e. The van der Waals surface area contributed by atoms with Crippen LogP contribution in [0.4, 0.5) is 5.69 Å². The first-order valence-electron chi connectivity index (χ1n) is 9.59. The van der Waals surface area contributed by atoms with Crippen molar-refractivity contribution in [3.05, 3.63) is 57.7 Å². The summed E-state index contributed by atoms with van der Waals surface area (Å²) in [7, 11) is 3.05. The molecular weight excluding hydrogens is 443 g/mol. The number of hydrogen-bond donors (Lipinski definition) is 0. The van der Waals surface area contributed by atoms with E-state index in [9.17, 15) is 9.59 Å². The average molecular weight is 463 g/mol. The normalized spacial score (nSPS) is 16.9. The lowest BCUT2D eigenvalue weighted by Gasteiger charge is -2.29. The number of amides is 2. The maximum Gasteiger partial charge on any atom is 0.282 e. The van der Waals surface area contributed by atoms with E-state index < -0.39 is 11.8 Å². The number of hydrogen-bond acceptors (Lipinski definition) is 6. The van der Waals surface area contributed by atoms with Gasteiger partial charge < -0.3 is 19.1 Å². The van der Waals surface area contributed by atoms with Crippen LogP contribution in [0.3, 0.4) is 0 Å². The van der Waals surface area contributed by atoms with E-state index in [1.807, 2.05) is 4.90 Å². The number of anilines is 1. The van der Waals surface area contributed by atoms with Gasteiger partial charge in [-0.05, 0) is 35.9 Å². The van der Waals surface area contributed by atoms with Crippen molar-refractivity contribution in [1.29, 1.82) is 0 Å². The zero-order valence-corrected chi connectivity index (χ0v) is 18.5. The first-order chi connectivity index (χ1) is 15.0. The third kappa shape index (κ3) is 3.84. The van der Waals surface area contributed by atoms with E-state index in [1.54, 1.807) is 30.3 Å². The van der Waals surface area contributed by atoms with Gasteiger partial charge in [0.2, 0.25) is 0 Å². The van der Waals surface area contributed by atoms with Gasteiger partial charge in [0.05, 0.1) is 48.7 Å². The number of imide groups is 1. The van der Waals surface area contributed by atoms with Gasteiger partial charge in [0.15, 0.2) is 11.5 Å². The molecule has 9 heteroatoms. The van der Waals surface area contributed by atoms with Crippen LogP contribution in [-0.2, 0) is 14.3 Å². The largest absolute Gasteiger partial charge is 0.493 e. The number of carbonyl (C=O) groups excluding carboxylic acids is 2. The number of nitrogens with zero attached hydrogens (tertiary/aromatic N) is 2. The zero-order valence-electron chi connectivity index (χ0n) is 17.0. The van der Waals surface area contributed by atoms with E-state index in [0.29, 0.717) is 65.3 Å². The van der Waals surface area contributed by atoms with E-state index >= 15 is 0 Å². The van der Waals surface area contributed by atoms with Gasteiger partial charge in [-0.2, -0.15) is 0 Å². The van der Waals surface area contributed by atoms with Crippen molar-refractivity contribution >= 4 is 46.3 Å². The quantitative estimate of drug-likeness (QED) is 0.631. The fourth-order valence-electron chi connectivity index (χ4n) is 3.71. The van der Waals surface area contributed by atoms with Gasteiger partial charge in [-0.25, -0.2) is 4.90 Å². The van der Waals surface area contributed by atoms with Crippen molar-refractivity contribution in [2.75, 3.05) is 45.4 Å². The summed E-state index contributed by atoms with van der Waals surface area (Å²) in [6.07, 6.45) is 0. The number of halogens is 2. The minimum atomic E-state index is -0.447. The second-order valence-corrected chi connectivity index (χ2v) is 7.75. The minimum absolute atomic E-state index is 0.257. The topological polar surface area (TPSA) is 68.3 Å². The van der Waals surface area contributed by atoms with Crippen LogP contribution in [0.15, 0.2) is 42.1 Å². The molecule has 0 saturated carbocycles. The van der Waals surface area contributed by atoms with E-state index in [1.165, 1.54) is 20.3 Å². The van der Waals surface area contributed by atoms with Gasteiger partial charge >= 0.3 is 0 Å². The van der Waals surface area contributed by atoms with Crippen LogP contribution < -0.4 is 14.4 Å². The third-order valence-electron chi connectivity index (χ3n) is 5.22. The molecule has 0 atom stereocenters. The Morgan fingerprint density at radius 1 is 0.871 bits per heavy atom. The molecule has 2 amide bonds. The van der Waals surface area contributed by atoms with Gasteiger partial charge in [-0.3, -0.25) is 9.59 Å². The Balaban J connectivity index is 1.85. The monoisotopic (exact) mass is 462 g/mol. The predicted octanol–water partition coefficient (Wildman–Crippen LogP) is 3.63. The number of benzene rings is 2. The van der Waals surface area contributed by atoms with Gasteiger partial charge in [0.25, 0.3) is 11.8 Å². The van der Waals surface area contributed by atoms with Gasteiger partial charge in [-0.1, -0.05) is 29.3 Å². The molecule has 2 aromatic rings. The summed E-state index contributed by atoms with van der Waals surface area (Å²) in [6.45, 7) is 1.94. The Morgan fingerprint density at radius 3 is 2.23 bits per heavy atom. The van der Waals surface area contributed by atoms with Crippen molar-refractivity contribution < 1.29 is 23.8 Å². The Kier molecular flexibility index (Phi) is 6.09. The fraction of sp³-hybridized carbons (Fsp3) is 0.273. The van der Waals surface area contributed by atoms with Crippen molar-refractivity contribution in [3.8, 4) is 11.5 Å². The van der Waals surface area contributed by atoms with E-state index in [-0.39, 0.29) is 5.02 Å². The Hall–Kier alpha value is -2.74. The molecule has 1 fully saturated rings. The number of ether oxygens (including phenoxy) is 3. The van der Waals surface area contributed by atoms with Crippen molar-refractivity contribution in [2.24, 2.45) is 0 Å². The summed E-state index contributed by atoms with van der Waals surface area (Å²) in [5, 5.41) is 0.596. The molecule has 0 bridgehead atoms. The Morgan fingerprint density at radius 2 is 1.58 bits per heavy atom. The molecule has 7 nitrogen and oxygen atoms in total. The molecule has 162 valence electrons. The molecule has 0 N–H and O–H groups in total. The maximum absolute atomic E-state index is 13.6. The zero-order chi connectivity index (χ0) is 22.1. The van der Waals surface area contributed by atoms with Crippen molar-refractivity contribution in [3.63, 3.8) is 0 Å². The lowest BCUT2D eigenvalue weighted by atomic mass is 10.0. The van der Waals surface area contributed by atoms with E-state index in [0.717, 1.165) is 4.90 Å². The molecule has 0 aliphatic carbocycles. The SMILES string of the molecule is COc1ccc(C2=C(N3CCOCC3)C(=O)N(c3ccc(Cl)c(Cl)c3)C2=O)cc1OC.